The van der Waals surface area contributed by atoms with Crippen LogP contribution in [0.3, 0.4) is 0 Å². The van der Waals surface area contributed by atoms with Crippen molar-refractivity contribution in [3.05, 3.63) is 121 Å². The van der Waals surface area contributed by atoms with Gasteiger partial charge in [-0.25, -0.2) is 13.9 Å². The molecule has 0 bridgehead atoms. The summed E-state index contributed by atoms with van der Waals surface area (Å²) in [7, 11) is 2.71. The molecular weight excluding hydrogens is 790 g/mol. The van der Waals surface area contributed by atoms with Crippen LogP contribution in [0.15, 0.2) is 92.7 Å². The zero-order chi connectivity index (χ0) is 44.7. The first kappa shape index (κ1) is 46.5. The molecule has 3 aromatic carbocycles. The zero-order valence-electron chi connectivity index (χ0n) is 35.0. The minimum Gasteiger partial charge on any atom is -0.492 e. The Kier molecular flexibility index (Phi) is 16.5. The van der Waals surface area contributed by atoms with Crippen molar-refractivity contribution in [3.8, 4) is 23.0 Å². The monoisotopic (exact) mass is 839 g/mol. The average molecular weight is 840 g/mol. The molecule has 0 aliphatic rings. The maximum atomic E-state index is 15.8. The molecule has 4 aromatic rings. The summed E-state index contributed by atoms with van der Waals surface area (Å²) < 4.78 is 50.5. The number of aromatic nitrogens is 3. The number of halogens is 1. The summed E-state index contributed by atoms with van der Waals surface area (Å²) in [5.41, 5.74) is 1.02. The lowest BCUT2D eigenvalue weighted by Crippen LogP contribution is -2.24. The average Bonchev–Trinajstić information content (AvgIpc) is 3.69. The number of anilines is 2. The van der Waals surface area contributed by atoms with Gasteiger partial charge in [0.1, 0.15) is 31.2 Å². The number of benzene rings is 3. The lowest BCUT2D eigenvalue weighted by molar-refractivity contribution is -0.157. The van der Waals surface area contributed by atoms with Crippen LogP contribution in [0, 0.1) is 11.3 Å². The molecule has 1 aromatic heterocycles. The highest BCUT2D eigenvalue weighted by molar-refractivity contribution is 6.08. The van der Waals surface area contributed by atoms with Crippen molar-refractivity contribution in [2.24, 2.45) is 11.3 Å². The first-order valence-corrected chi connectivity index (χ1v) is 19.0. The minimum absolute atomic E-state index is 0.00636. The third kappa shape index (κ3) is 12.4. The highest BCUT2D eigenvalue weighted by Gasteiger charge is 2.26. The van der Waals surface area contributed by atoms with Crippen LogP contribution in [0.25, 0.3) is 11.9 Å². The molecular formula is C45H50FN5O10. The number of nitrogens with zero attached hydrogens (tertiary/aromatic N) is 3. The Morgan fingerprint density at radius 1 is 0.803 bits per heavy atom. The summed E-state index contributed by atoms with van der Waals surface area (Å²) in [6.07, 6.45) is 7.49. The summed E-state index contributed by atoms with van der Waals surface area (Å²) in [6, 6.07) is 12.0. The van der Waals surface area contributed by atoms with Crippen LogP contribution < -0.4 is 29.6 Å². The van der Waals surface area contributed by atoms with Crippen molar-refractivity contribution in [2.75, 3.05) is 44.7 Å². The van der Waals surface area contributed by atoms with Gasteiger partial charge in [0.25, 0.3) is 5.91 Å². The molecule has 322 valence electrons. The summed E-state index contributed by atoms with van der Waals surface area (Å²) in [5, 5.41) is 13.6. The highest BCUT2D eigenvalue weighted by atomic mass is 19.1. The number of rotatable bonds is 21. The lowest BCUT2D eigenvalue weighted by atomic mass is 9.98. The predicted octanol–water partition coefficient (Wildman–Crippen LogP) is 7.85. The maximum Gasteiger partial charge on any atom is 0.342 e. The van der Waals surface area contributed by atoms with E-state index in [4.69, 9.17) is 28.4 Å². The fraction of sp³-hybridized carbons (Fsp3) is 0.289. The van der Waals surface area contributed by atoms with Gasteiger partial charge in [-0.05, 0) is 69.3 Å². The van der Waals surface area contributed by atoms with Crippen molar-refractivity contribution in [1.29, 1.82) is 0 Å². The van der Waals surface area contributed by atoms with E-state index in [9.17, 15) is 19.2 Å². The molecule has 15 nitrogen and oxygen atoms in total. The van der Waals surface area contributed by atoms with E-state index in [-0.39, 0.29) is 95.8 Å². The molecule has 1 heterocycles. The predicted molar refractivity (Wildman–Crippen MR) is 228 cm³/mol. The minimum atomic E-state index is -0.696. The van der Waals surface area contributed by atoms with E-state index in [1.807, 2.05) is 0 Å². The van der Waals surface area contributed by atoms with E-state index in [2.05, 4.69) is 40.7 Å². The number of nitrogens with one attached hydrogen (secondary N) is 2. The molecule has 0 unspecified atom stereocenters. The van der Waals surface area contributed by atoms with Crippen molar-refractivity contribution < 1.29 is 52.0 Å². The van der Waals surface area contributed by atoms with Gasteiger partial charge in [0.05, 0.1) is 42.8 Å². The SMILES string of the molecule is C=CCOC(=O)c1ccc(NC(=O)c2ccc(/C=C(\F)c3ccc(NC(=O)[C@@H](C)Cc4cn(COC(=O)C(C)(C)C)nn4)cc3)c(OC)c2OCC=C)c(OC)c1OCC=C. The third-order valence-electron chi connectivity index (χ3n) is 8.60. The number of ether oxygens (including phenoxy) is 6. The fourth-order valence-corrected chi connectivity index (χ4v) is 5.52. The van der Waals surface area contributed by atoms with E-state index in [1.54, 1.807) is 46.0 Å². The molecule has 0 fully saturated rings. The molecule has 1 atom stereocenters. The lowest BCUT2D eigenvalue weighted by Gasteiger charge is -2.19. The normalized spacial score (nSPS) is 11.7. The number of hydrogen-bond donors (Lipinski definition) is 2. The molecule has 0 aliphatic carbocycles. The molecule has 0 saturated heterocycles. The first-order valence-electron chi connectivity index (χ1n) is 19.0. The second-order valence-corrected chi connectivity index (χ2v) is 14.4. The Labute approximate surface area is 353 Å². The van der Waals surface area contributed by atoms with Crippen molar-refractivity contribution in [3.63, 3.8) is 0 Å². The van der Waals surface area contributed by atoms with Gasteiger partial charge in [-0.3, -0.25) is 14.4 Å². The van der Waals surface area contributed by atoms with Gasteiger partial charge in [-0.15, -0.1) is 5.10 Å². The largest absolute Gasteiger partial charge is 0.492 e. The quantitative estimate of drug-likeness (QED) is 0.0472. The second kappa shape index (κ2) is 21.7. The van der Waals surface area contributed by atoms with Crippen LogP contribution in [0.1, 0.15) is 65.2 Å². The molecule has 16 heteroatoms. The highest BCUT2D eigenvalue weighted by Crippen LogP contribution is 2.41. The Morgan fingerprint density at radius 3 is 2.03 bits per heavy atom. The van der Waals surface area contributed by atoms with Gasteiger partial charge >= 0.3 is 11.9 Å². The topological polar surface area (TPSA) is 178 Å². The summed E-state index contributed by atoms with van der Waals surface area (Å²) in [6.45, 7) is 17.7. The number of carbonyl (C=O) groups excluding carboxylic acids is 4. The van der Waals surface area contributed by atoms with Gasteiger partial charge in [-0.1, -0.05) is 56.2 Å². The van der Waals surface area contributed by atoms with Crippen molar-refractivity contribution >= 4 is 47.0 Å². The van der Waals surface area contributed by atoms with E-state index in [0.717, 1.165) is 0 Å². The number of methoxy groups -OCH3 is 2. The van der Waals surface area contributed by atoms with Gasteiger partial charge < -0.3 is 39.1 Å². The summed E-state index contributed by atoms with van der Waals surface area (Å²) in [4.78, 5) is 51.7. The maximum absolute atomic E-state index is 15.8. The van der Waals surface area contributed by atoms with Crippen LogP contribution in [0.4, 0.5) is 15.8 Å². The molecule has 0 radical (unpaired) electrons. The smallest absolute Gasteiger partial charge is 0.342 e. The number of amides is 2. The molecule has 61 heavy (non-hydrogen) atoms. The molecule has 0 saturated carbocycles. The molecule has 2 amide bonds. The molecule has 0 aliphatic heterocycles. The number of esters is 2. The van der Waals surface area contributed by atoms with E-state index in [1.165, 1.54) is 79.6 Å². The second-order valence-electron chi connectivity index (χ2n) is 14.4. The van der Waals surface area contributed by atoms with Crippen LogP contribution in [-0.2, 0) is 32.2 Å². The van der Waals surface area contributed by atoms with Crippen LogP contribution in [0.2, 0.25) is 0 Å². The van der Waals surface area contributed by atoms with Gasteiger partial charge in [0.15, 0.2) is 29.7 Å². The van der Waals surface area contributed by atoms with Gasteiger partial charge in [-0.2, -0.15) is 0 Å². The number of carbonyl (C=O) groups is 4. The van der Waals surface area contributed by atoms with E-state index < -0.39 is 29.0 Å². The van der Waals surface area contributed by atoms with Gasteiger partial charge in [0.2, 0.25) is 5.91 Å². The van der Waals surface area contributed by atoms with Crippen LogP contribution >= 0.6 is 0 Å². The van der Waals surface area contributed by atoms with Crippen molar-refractivity contribution in [1.82, 2.24) is 15.0 Å². The Morgan fingerprint density at radius 2 is 1.43 bits per heavy atom. The van der Waals surface area contributed by atoms with E-state index >= 15 is 4.39 Å². The van der Waals surface area contributed by atoms with Gasteiger partial charge in [0, 0.05) is 29.2 Å². The Hall–Kier alpha value is -7.23. The molecule has 4 rings (SSSR count). The standard InChI is InChI=1S/C45H50FN5O10/c1-10-21-58-38-33(42(53)48-36-20-19-34(43(54)60-23-12-3)39(40(36)57-9)59-22-11-2)18-15-30(37(38)56-8)25-35(46)29-13-16-31(17-14-29)47-41(52)28(4)24-32-26-51(50-49-32)27-61-44(55)45(5,6)7/h10-20,25-26,28H,1-3,21-24,27H2,4-9H3,(H,47,52)(H,48,53)/b35-25-/t28-/m0/s1. The third-order valence-corrected chi connectivity index (χ3v) is 8.60. The van der Waals surface area contributed by atoms with Crippen LogP contribution in [-0.4, -0.2) is 72.8 Å². The Bertz CT molecular complexity index is 2280. The zero-order valence-corrected chi connectivity index (χ0v) is 35.0. The summed E-state index contributed by atoms with van der Waals surface area (Å²) in [5.74, 6) is -3.02. The van der Waals surface area contributed by atoms with E-state index in [0.29, 0.717) is 11.4 Å². The molecule has 0 spiro atoms. The fourth-order valence-electron chi connectivity index (χ4n) is 5.52. The number of hydrogen-bond acceptors (Lipinski definition) is 12. The first-order chi connectivity index (χ1) is 29.1. The summed E-state index contributed by atoms with van der Waals surface area (Å²) >= 11 is 0. The van der Waals surface area contributed by atoms with Crippen molar-refractivity contribution in [2.45, 2.75) is 40.8 Å². The Balaban J connectivity index is 1.51. The van der Waals surface area contributed by atoms with Crippen LogP contribution in [0.5, 0.6) is 23.0 Å². The molecule has 2 N–H and O–H groups in total.